The summed E-state index contributed by atoms with van der Waals surface area (Å²) in [6.45, 7) is 3.97. The van der Waals surface area contributed by atoms with Gasteiger partial charge in [-0.25, -0.2) is 0 Å². The zero-order valence-electron chi connectivity index (χ0n) is 8.68. The summed E-state index contributed by atoms with van der Waals surface area (Å²) in [4.78, 5) is 10.6. The average molecular weight is 291 g/mol. The first-order valence-electron chi connectivity index (χ1n) is 4.61. The number of carbonyl (C=O) groups excluding carboxylic acids is 1. The van der Waals surface area contributed by atoms with Crippen molar-refractivity contribution in [3.63, 3.8) is 0 Å². The Balaban J connectivity index is 3.00. The topological polar surface area (TPSA) is 43.1 Å². The van der Waals surface area contributed by atoms with E-state index in [0.717, 1.165) is 16.7 Å². The second-order valence-electron chi connectivity index (χ2n) is 3.62. The van der Waals surface area contributed by atoms with Crippen LogP contribution in [0.25, 0.3) is 0 Å². The molecule has 1 rings (SSSR count). The number of amides is 1. The van der Waals surface area contributed by atoms with Crippen LogP contribution in [0, 0.1) is 13.8 Å². The van der Waals surface area contributed by atoms with Crippen molar-refractivity contribution in [2.45, 2.75) is 25.1 Å². The van der Waals surface area contributed by atoms with Crippen molar-refractivity contribution < 1.29 is 4.79 Å². The number of nitrogens with two attached hydrogens (primary N) is 1. The maximum Gasteiger partial charge on any atom is 0.231 e. The highest BCUT2D eigenvalue weighted by molar-refractivity contribution is 9.10. The van der Waals surface area contributed by atoms with Crippen molar-refractivity contribution in [3.8, 4) is 0 Å². The van der Waals surface area contributed by atoms with Gasteiger partial charge in [-0.2, -0.15) is 0 Å². The molecule has 0 fully saturated rings. The largest absolute Gasteiger partial charge is 0.369 e. The van der Waals surface area contributed by atoms with E-state index in [0.29, 0.717) is 11.4 Å². The molecule has 0 aliphatic heterocycles. The van der Waals surface area contributed by atoms with Crippen molar-refractivity contribution in [2.24, 2.45) is 5.73 Å². The van der Waals surface area contributed by atoms with Gasteiger partial charge in [0.2, 0.25) is 5.91 Å². The maximum absolute atomic E-state index is 10.9. The Morgan fingerprint density at radius 1 is 1.53 bits per heavy atom. The van der Waals surface area contributed by atoms with Crippen LogP contribution in [-0.2, 0) is 11.2 Å². The molecule has 15 heavy (non-hydrogen) atoms. The van der Waals surface area contributed by atoms with Gasteiger partial charge in [-0.15, -0.1) is 0 Å². The smallest absolute Gasteiger partial charge is 0.231 e. The molecule has 1 aromatic rings. The first-order valence-corrected chi connectivity index (χ1v) is 5.90. The van der Waals surface area contributed by atoms with Gasteiger partial charge in [0.1, 0.15) is 0 Å². The lowest BCUT2D eigenvalue weighted by molar-refractivity contribution is -0.117. The predicted octanol–water partition coefficient (Wildman–Crippen LogP) is 2.75. The fourth-order valence-corrected chi connectivity index (χ4v) is 2.21. The van der Waals surface area contributed by atoms with Gasteiger partial charge in [0.05, 0.1) is 4.83 Å². The van der Waals surface area contributed by atoms with Gasteiger partial charge >= 0.3 is 0 Å². The van der Waals surface area contributed by atoms with Gasteiger partial charge in [-0.1, -0.05) is 33.6 Å². The summed E-state index contributed by atoms with van der Waals surface area (Å²) in [6, 6.07) is 3.94. The third-order valence-corrected chi connectivity index (χ3v) is 3.37. The Labute approximate surface area is 103 Å². The number of rotatable bonds is 3. The lowest BCUT2D eigenvalue weighted by Crippen LogP contribution is -2.25. The SMILES string of the molecule is Cc1cc(C)c(CC(Br)C(N)=O)c(Cl)c1. The summed E-state index contributed by atoms with van der Waals surface area (Å²) >= 11 is 9.34. The fraction of sp³-hybridized carbons (Fsp3) is 0.364. The molecule has 2 N–H and O–H groups in total. The van der Waals surface area contributed by atoms with E-state index >= 15 is 0 Å². The molecule has 0 aliphatic carbocycles. The van der Waals surface area contributed by atoms with Crippen LogP contribution in [0.4, 0.5) is 0 Å². The van der Waals surface area contributed by atoms with Gasteiger partial charge in [0.25, 0.3) is 0 Å². The molecule has 0 spiro atoms. The van der Waals surface area contributed by atoms with Crippen LogP contribution in [-0.4, -0.2) is 10.7 Å². The molecular formula is C11H13BrClNO. The molecule has 2 nitrogen and oxygen atoms in total. The zero-order chi connectivity index (χ0) is 11.6. The summed E-state index contributed by atoms with van der Waals surface area (Å²) < 4.78 is 0. The molecule has 1 amide bonds. The molecule has 1 atom stereocenters. The van der Waals surface area contributed by atoms with Gasteiger partial charge in [0, 0.05) is 5.02 Å². The van der Waals surface area contributed by atoms with Crippen molar-refractivity contribution in [1.29, 1.82) is 0 Å². The molecule has 82 valence electrons. The van der Waals surface area contributed by atoms with Crippen molar-refractivity contribution in [1.82, 2.24) is 0 Å². The van der Waals surface area contributed by atoms with Crippen LogP contribution in [0.3, 0.4) is 0 Å². The monoisotopic (exact) mass is 289 g/mol. The molecule has 1 unspecified atom stereocenters. The second kappa shape index (κ2) is 4.99. The number of aryl methyl sites for hydroxylation is 2. The number of alkyl halides is 1. The minimum absolute atomic E-state index is 0.364. The first kappa shape index (κ1) is 12.5. The highest BCUT2D eigenvalue weighted by Gasteiger charge is 2.15. The average Bonchev–Trinajstić information content (AvgIpc) is 2.10. The van der Waals surface area contributed by atoms with Gasteiger partial charge in [-0.05, 0) is 43.0 Å². The molecule has 0 bridgehead atoms. The van der Waals surface area contributed by atoms with Crippen LogP contribution in [0.5, 0.6) is 0 Å². The van der Waals surface area contributed by atoms with Gasteiger partial charge in [-0.3, -0.25) is 4.79 Å². The van der Waals surface area contributed by atoms with Crippen molar-refractivity contribution in [2.75, 3.05) is 0 Å². The third-order valence-electron chi connectivity index (χ3n) is 2.25. The molecule has 0 aromatic heterocycles. The normalized spacial score (nSPS) is 12.5. The third kappa shape index (κ3) is 3.21. The van der Waals surface area contributed by atoms with E-state index in [1.165, 1.54) is 0 Å². The Bertz CT molecular complexity index is 369. The molecular weight excluding hydrogens is 277 g/mol. The summed E-state index contributed by atoms with van der Waals surface area (Å²) in [7, 11) is 0. The lowest BCUT2D eigenvalue weighted by Gasteiger charge is -2.11. The number of halogens is 2. The Morgan fingerprint density at radius 3 is 2.60 bits per heavy atom. The predicted molar refractivity (Wildman–Crippen MR) is 66.5 cm³/mol. The van der Waals surface area contributed by atoms with Crippen LogP contribution in [0.15, 0.2) is 12.1 Å². The van der Waals surface area contributed by atoms with Gasteiger partial charge < -0.3 is 5.73 Å². The summed E-state index contributed by atoms with van der Waals surface area (Å²) in [5.41, 5.74) is 8.37. The van der Waals surface area contributed by atoms with E-state index in [9.17, 15) is 4.79 Å². The molecule has 0 saturated carbocycles. The van der Waals surface area contributed by atoms with E-state index < -0.39 is 0 Å². The lowest BCUT2D eigenvalue weighted by atomic mass is 10.0. The highest BCUT2D eigenvalue weighted by Crippen LogP contribution is 2.24. The molecule has 0 saturated heterocycles. The standard InChI is InChI=1S/C11H13BrClNO/c1-6-3-7(2)8(10(13)4-6)5-9(12)11(14)15/h3-4,9H,5H2,1-2H3,(H2,14,15). The Kier molecular flexibility index (Phi) is 4.17. The first-order chi connectivity index (χ1) is 6.91. The van der Waals surface area contributed by atoms with Crippen LogP contribution in [0.1, 0.15) is 16.7 Å². The number of benzene rings is 1. The van der Waals surface area contributed by atoms with Crippen LogP contribution < -0.4 is 5.73 Å². The fourth-order valence-electron chi connectivity index (χ4n) is 1.48. The summed E-state index contributed by atoms with van der Waals surface area (Å²) in [6.07, 6.45) is 0.528. The number of hydrogen-bond acceptors (Lipinski definition) is 1. The minimum atomic E-state index is -0.369. The minimum Gasteiger partial charge on any atom is -0.369 e. The molecule has 1 aromatic carbocycles. The summed E-state index contributed by atoms with van der Waals surface area (Å²) in [5, 5.41) is 0.693. The number of primary amides is 1. The van der Waals surface area contributed by atoms with Crippen LogP contribution >= 0.6 is 27.5 Å². The molecule has 0 radical (unpaired) electrons. The van der Waals surface area contributed by atoms with E-state index in [1.54, 1.807) is 0 Å². The van der Waals surface area contributed by atoms with E-state index in [4.69, 9.17) is 17.3 Å². The van der Waals surface area contributed by atoms with Crippen molar-refractivity contribution in [3.05, 3.63) is 33.8 Å². The Hall–Kier alpha value is -0.540. The van der Waals surface area contributed by atoms with Crippen LogP contribution in [0.2, 0.25) is 5.02 Å². The zero-order valence-corrected chi connectivity index (χ0v) is 11.0. The Morgan fingerprint density at radius 2 is 2.13 bits per heavy atom. The summed E-state index contributed by atoms with van der Waals surface area (Å²) in [5.74, 6) is -0.369. The second-order valence-corrected chi connectivity index (χ2v) is 5.13. The highest BCUT2D eigenvalue weighted by atomic mass is 79.9. The van der Waals surface area contributed by atoms with E-state index in [2.05, 4.69) is 15.9 Å². The molecule has 4 heteroatoms. The molecule has 0 heterocycles. The maximum atomic E-state index is 10.9. The number of carbonyl (C=O) groups is 1. The number of hydrogen-bond donors (Lipinski definition) is 1. The quantitative estimate of drug-likeness (QED) is 0.855. The van der Waals surface area contributed by atoms with Crippen molar-refractivity contribution >= 4 is 33.4 Å². The van der Waals surface area contributed by atoms with E-state index in [-0.39, 0.29) is 10.7 Å². The van der Waals surface area contributed by atoms with Gasteiger partial charge in [0.15, 0.2) is 0 Å². The van der Waals surface area contributed by atoms with E-state index in [1.807, 2.05) is 26.0 Å². The molecule has 0 aliphatic rings.